The van der Waals surface area contributed by atoms with Gasteiger partial charge in [-0.15, -0.1) is 10.2 Å². The minimum atomic E-state index is 0.612. The maximum absolute atomic E-state index is 5.29. The van der Waals surface area contributed by atoms with Crippen molar-refractivity contribution in [3.05, 3.63) is 47.6 Å². The number of aryl methyl sites for hydroxylation is 2. The van der Waals surface area contributed by atoms with Crippen LogP contribution in [0.25, 0.3) is 17.3 Å². The summed E-state index contributed by atoms with van der Waals surface area (Å²) in [6, 6.07) is 7.52. The lowest BCUT2D eigenvalue weighted by Gasteiger charge is -2.02. The molecule has 0 saturated carbocycles. The maximum Gasteiger partial charge on any atom is 0.256 e. The number of thioether (sulfide) groups is 1. The fraction of sp³-hybridized carbons (Fsp3) is 0.200. The van der Waals surface area contributed by atoms with Gasteiger partial charge in [0, 0.05) is 23.2 Å². The SMILES string of the molecule is Cc1cc(C)n2c(SCc3cc(-c4ccco4)on3)nnc2n1. The van der Waals surface area contributed by atoms with Gasteiger partial charge in [-0.2, -0.15) is 0 Å². The first kappa shape index (κ1) is 14.0. The second kappa shape index (κ2) is 5.54. The number of nitrogens with zero attached hydrogens (tertiary/aromatic N) is 5. The Labute approximate surface area is 135 Å². The van der Waals surface area contributed by atoms with Crippen molar-refractivity contribution in [2.75, 3.05) is 0 Å². The summed E-state index contributed by atoms with van der Waals surface area (Å²) in [5, 5.41) is 13.2. The highest BCUT2D eigenvalue weighted by atomic mass is 32.2. The highest BCUT2D eigenvalue weighted by Gasteiger charge is 2.13. The van der Waals surface area contributed by atoms with Crippen molar-refractivity contribution in [1.29, 1.82) is 0 Å². The van der Waals surface area contributed by atoms with Gasteiger partial charge in [-0.3, -0.25) is 4.40 Å². The van der Waals surface area contributed by atoms with Crippen LogP contribution < -0.4 is 0 Å². The molecule has 116 valence electrons. The van der Waals surface area contributed by atoms with E-state index in [9.17, 15) is 0 Å². The molecule has 0 aliphatic rings. The van der Waals surface area contributed by atoms with Gasteiger partial charge < -0.3 is 8.94 Å². The zero-order valence-corrected chi connectivity index (χ0v) is 13.4. The molecule has 0 amide bonds. The van der Waals surface area contributed by atoms with E-state index < -0.39 is 0 Å². The van der Waals surface area contributed by atoms with Gasteiger partial charge in [-0.05, 0) is 32.0 Å². The lowest BCUT2D eigenvalue weighted by atomic mass is 10.3. The maximum atomic E-state index is 5.29. The van der Waals surface area contributed by atoms with Crippen LogP contribution in [0.3, 0.4) is 0 Å². The highest BCUT2D eigenvalue weighted by molar-refractivity contribution is 7.98. The van der Waals surface area contributed by atoms with Gasteiger partial charge in [0.25, 0.3) is 5.78 Å². The summed E-state index contributed by atoms with van der Waals surface area (Å²) < 4.78 is 12.5. The van der Waals surface area contributed by atoms with Gasteiger partial charge in [0.2, 0.25) is 5.76 Å². The topological polar surface area (TPSA) is 82.2 Å². The van der Waals surface area contributed by atoms with Crippen LogP contribution in [0, 0.1) is 13.8 Å². The first-order chi connectivity index (χ1) is 11.2. The quantitative estimate of drug-likeness (QED) is 0.532. The molecule has 23 heavy (non-hydrogen) atoms. The van der Waals surface area contributed by atoms with Gasteiger partial charge in [0.1, 0.15) is 0 Å². The number of furan rings is 1. The molecule has 0 aliphatic carbocycles. The van der Waals surface area contributed by atoms with Crippen LogP contribution >= 0.6 is 11.8 Å². The van der Waals surface area contributed by atoms with Gasteiger partial charge in [-0.25, -0.2) is 4.98 Å². The Morgan fingerprint density at radius 3 is 2.91 bits per heavy atom. The molecule has 7 nitrogen and oxygen atoms in total. The Hall–Kier alpha value is -2.61. The average molecular weight is 327 g/mol. The van der Waals surface area contributed by atoms with E-state index >= 15 is 0 Å². The average Bonchev–Trinajstić information content (AvgIpc) is 3.25. The van der Waals surface area contributed by atoms with Crippen LogP contribution in [0.2, 0.25) is 0 Å². The normalized spacial score (nSPS) is 11.4. The predicted molar refractivity (Wildman–Crippen MR) is 84.0 cm³/mol. The van der Waals surface area contributed by atoms with Crippen molar-refractivity contribution in [2.45, 2.75) is 24.8 Å². The van der Waals surface area contributed by atoms with E-state index in [1.807, 2.05) is 42.5 Å². The second-order valence-corrected chi connectivity index (χ2v) is 6.05. The first-order valence-electron chi connectivity index (χ1n) is 7.02. The number of hydrogen-bond acceptors (Lipinski definition) is 7. The van der Waals surface area contributed by atoms with Crippen LogP contribution in [-0.4, -0.2) is 24.7 Å². The summed E-state index contributed by atoms with van der Waals surface area (Å²) in [4.78, 5) is 4.38. The Balaban J connectivity index is 1.56. The fourth-order valence-electron chi connectivity index (χ4n) is 2.35. The zero-order valence-electron chi connectivity index (χ0n) is 12.6. The van der Waals surface area contributed by atoms with E-state index in [4.69, 9.17) is 8.94 Å². The van der Waals surface area contributed by atoms with Crippen LogP contribution in [0.15, 0.2) is 44.6 Å². The summed E-state index contributed by atoms with van der Waals surface area (Å²) in [5.74, 6) is 2.52. The van der Waals surface area contributed by atoms with E-state index in [2.05, 4.69) is 20.3 Å². The van der Waals surface area contributed by atoms with Crippen molar-refractivity contribution in [1.82, 2.24) is 24.7 Å². The Morgan fingerprint density at radius 1 is 1.17 bits per heavy atom. The fourth-order valence-corrected chi connectivity index (χ4v) is 3.21. The highest BCUT2D eigenvalue weighted by Crippen LogP contribution is 2.26. The van der Waals surface area contributed by atoms with Crippen LogP contribution in [0.5, 0.6) is 0 Å². The molecule has 4 aromatic rings. The van der Waals surface area contributed by atoms with Gasteiger partial charge in [0.05, 0.1) is 12.0 Å². The number of hydrogen-bond donors (Lipinski definition) is 0. The molecule has 4 rings (SSSR count). The van der Waals surface area contributed by atoms with E-state index in [1.54, 1.807) is 6.26 Å². The smallest absolute Gasteiger partial charge is 0.256 e. The van der Waals surface area contributed by atoms with E-state index in [-0.39, 0.29) is 0 Å². The van der Waals surface area contributed by atoms with Gasteiger partial charge in [-0.1, -0.05) is 16.9 Å². The van der Waals surface area contributed by atoms with Crippen LogP contribution in [-0.2, 0) is 5.75 Å². The molecule has 0 saturated heterocycles. The Kier molecular flexibility index (Phi) is 3.38. The largest absolute Gasteiger partial charge is 0.461 e. The van der Waals surface area contributed by atoms with Crippen molar-refractivity contribution in [3.63, 3.8) is 0 Å². The third-order valence-corrected chi connectivity index (χ3v) is 4.30. The molecular weight excluding hydrogens is 314 g/mol. The molecule has 0 radical (unpaired) electrons. The number of fused-ring (bicyclic) bond motifs is 1. The van der Waals surface area contributed by atoms with Crippen molar-refractivity contribution in [2.24, 2.45) is 0 Å². The summed E-state index contributed by atoms with van der Waals surface area (Å²) in [6.07, 6.45) is 1.60. The second-order valence-electron chi connectivity index (χ2n) is 5.11. The molecule has 0 spiro atoms. The Bertz CT molecular complexity index is 958. The molecule has 0 unspecified atom stereocenters. The van der Waals surface area contributed by atoms with E-state index in [0.717, 1.165) is 22.2 Å². The molecule has 8 heteroatoms. The van der Waals surface area contributed by atoms with Crippen molar-refractivity contribution >= 4 is 17.5 Å². The minimum Gasteiger partial charge on any atom is -0.461 e. The molecule has 4 heterocycles. The van der Waals surface area contributed by atoms with Gasteiger partial charge >= 0.3 is 0 Å². The molecule has 4 aromatic heterocycles. The standard InChI is InChI=1S/C15H13N5O2S/c1-9-6-10(2)20-14(16-9)17-18-15(20)23-8-11-7-13(22-19-11)12-4-3-5-21-12/h3-7H,8H2,1-2H3. The predicted octanol–water partition coefficient (Wildman–Crippen LogP) is 3.28. The first-order valence-corrected chi connectivity index (χ1v) is 8.01. The third kappa shape index (κ3) is 2.61. The minimum absolute atomic E-state index is 0.612. The van der Waals surface area contributed by atoms with E-state index in [1.165, 1.54) is 11.8 Å². The summed E-state index contributed by atoms with van der Waals surface area (Å²) in [5.41, 5.74) is 2.80. The van der Waals surface area contributed by atoms with Crippen LogP contribution in [0.4, 0.5) is 0 Å². The van der Waals surface area contributed by atoms with Crippen molar-refractivity contribution in [3.8, 4) is 11.5 Å². The lowest BCUT2D eigenvalue weighted by molar-refractivity contribution is 0.413. The summed E-state index contributed by atoms with van der Waals surface area (Å²) >= 11 is 1.54. The van der Waals surface area contributed by atoms with Crippen molar-refractivity contribution < 1.29 is 8.94 Å². The monoisotopic (exact) mass is 327 g/mol. The van der Waals surface area contributed by atoms with E-state index in [0.29, 0.717) is 23.1 Å². The molecule has 0 bridgehead atoms. The number of aromatic nitrogens is 5. The van der Waals surface area contributed by atoms with Gasteiger partial charge in [0.15, 0.2) is 10.9 Å². The summed E-state index contributed by atoms with van der Waals surface area (Å²) in [6.45, 7) is 3.96. The Morgan fingerprint density at radius 2 is 2.09 bits per heavy atom. The zero-order chi connectivity index (χ0) is 15.8. The summed E-state index contributed by atoms with van der Waals surface area (Å²) in [7, 11) is 0. The molecule has 0 fully saturated rings. The molecule has 0 aromatic carbocycles. The molecule has 0 aliphatic heterocycles. The molecule has 0 atom stereocenters. The molecular formula is C15H13N5O2S. The number of rotatable bonds is 4. The molecule has 0 N–H and O–H groups in total. The lowest BCUT2D eigenvalue weighted by Crippen LogP contribution is -1.97. The van der Waals surface area contributed by atoms with Crippen LogP contribution in [0.1, 0.15) is 17.1 Å². The third-order valence-electron chi connectivity index (χ3n) is 3.34.